The van der Waals surface area contributed by atoms with Crippen LogP contribution in [0.3, 0.4) is 0 Å². The molecule has 3 atom stereocenters. The fourth-order valence-electron chi connectivity index (χ4n) is 5.07. The molecule has 0 aliphatic carbocycles. The summed E-state index contributed by atoms with van der Waals surface area (Å²) in [6.45, 7) is 2.69. The maximum absolute atomic E-state index is 13.3. The molecule has 2 aliphatic rings. The van der Waals surface area contributed by atoms with Crippen molar-refractivity contribution in [2.45, 2.75) is 49.2 Å². The molecule has 3 N–H and O–H groups in total. The van der Waals surface area contributed by atoms with E-state index < -0.39 is 33.9 Å². The lowest BCUT2D eigenvalue weighted by Gasteiger charge is -2.36. The van der Waals surface area contributed by atoms with E-state index in [1.54, 1.807) is 36.1 Å². The number of likely N-dealkylation sites (tertiary alicyclic amines) is 2. The quantitative estimate of drug-likeness (QED) is 0.384. The molecule has 14 heteroatoms. The van der Waals surface area contributed by atoms with E-state index >= 15 is 0 Å². The third-order valence-corrected chi connectivity index (χ3v) is 8.85. The van der Waals surface area contributed by atoms with Crippen molar-refractivity contribution in [1.29, 1.82) is 0 Å². The molecule has 0 bridgehead atoms. The van der Waals surface area contributed by atoms with Crippen molar-refractivity contribution in [3.63, 3.8) is 0 Å². The number of rotatable bonds is 7. The summed E-state index contributed by atoms with van der Waals surface area (Å²) in [5, 5.41) is 11.1. The molecule has 0 spiro atoms. The first kappa shape index (κ1) is 27.0. The van der Waals surface area contributed by atoms with Crippen LogP contribution in [-0.4, -0.2) is 88.9 Å². The standard InChI is InChI=1S/C25H28ClN7O5S/c1-15(24(35)32-9-2-3-19(13-32)29-23(34)22-27-14-28-30-22)33-10-8-21(25(33)36)31-39(37,38)20-7-5-16-11-18(26)6-4-17(16)12-20/h4-7,11-12,14-15,19,21,31H,2-3,8-10,13H2,1H3,(H,29,34)(H,27,28,30)/t15-,19?,21-/m0/s1. The number of benzene rings is 2. The molecule has 0 saturated carbocycles. The average molecular weight is 574 g/mol. The molecule has 3 amide bonds. The summed E-state index contributed by atoms with van der Waals surface area (Å²) >= 11 is 6.01. The van der Waals surface area contributed by atoms with Gasteiger partial charge in [-0.05, 0) is 61.2 Å². The number of nitrogens with one attached hydrogen (secondary N) is 3. The van der Waals surface area contributed by atoms with Gasteiger partial charge < -0.3 is 15.1 Å². The number of aromatic nitrogens is 3. The van der Waals surface area contributed by atoms with Crippen LogP contribution in [0.25, 0.3) is 10.8 Å². The Hall–Kier alpha value is -3.55. The normalized spacial score (nSPS) is 20.8. The Balaban J connectivity index is 1.20. The van der Waals surface area contributed by atoms with E-state index in [9.17, 15) is 22.8 Å². The topological polar surface area (TPSA) is 157 Å². The summed E-state index contributed by atoms with van der Waals surface area (Å²) < 4.78 is 28.7. The second-order valence-electron chi connectivity index (χ2n) is 9.75. The van der Waals surface area contributed by atoms with E-state index in [2.05, 4.69) is 25.2 Å². The molecule has 2 aliphatic heterocycles. The molecule has 2 aromatic carbocycles. The molecule has 2 fully saturated rings. The molecule has 206 valence electrons. The molecule has 1 aromatic heterocycles. The summed E-state index contributed by atoms with van der Waals surface area (Å²) in [4.78, 5) is 45.7. The smallest absolute Gasteiger partial charge is 0.288 e. The minimum atomic E-state index is -3.98. The highest BCUT2D eigenvalue weighted by Gasteiger charge is 2.40. The Morgan fingerprint density at radius 2 is 1.90 bits per heavy atom. The van der Waals surface area contributed by atoms with Crippen LogP contribution in [0.2, 0.25) is 5.02 Å². The fourth-order valence-corrected chi connectivity index (χ4v) is 6.51. The summed E-state index contributed by atoms with van der Waals surface area (Å²) in [7, 11) is -3.98. The zero-order valence-corrected chi connectivity index (χ0v) is 22.7. The van der Waals surface area contributed by atoms with Crippen molar-refractivity contribution in [2.24, 2.45) is 0 Å². The zero-order chi connectivity index (χ0) is 27.7. The van der Waals surface area contributed by atoms with Crippen LogP contribution >= 0.6 is 11.6 Å². The fraction of sp³-hybridized carbons (Fsp3) is 0.400. The van der Waals surface area contributed by atoms with Crippen molar-refractivity contribution >= 4 is 50.1 Å². The van der Waals surface area contributed by atoms with Gasteiger partial charge in [-0.15, -0.1) is 0 Å². The number of hydrogen-bond acceptors (Lipinski definition) is 7. The highest BCUT2D eigenvalue weighted by Crippen LogP contribution is 2.24. The molecular formula is C25H28ClN7O5S. The van der Waals surface area contributed by atoms with Gasteiger partial charge in [-0.25, -0.2) is 13.4 Å². The minimum Gasteiger partial charge on any atom is -0.345 e. The van der Waals surface area contributed by atoms with Crippen LogP contribution in [0.5, 0.6) is 0 Å². The van der Waals surface area contributed by atoms with Crippen LogP contribution in [0.1, 0.15) is 36.8 Å². The van der Waals surface area contributed by atoms with E-state index in [1.165, 1.54) is 23.4 Å². The van der Waals surface area contributed by atoms with Crippen LogP contribution < -0.4 is 10.0 Å². The van der Waals surface area contributed by atoms with Gasteiger partial charge in [0.25, 0.3) is 5.91 Å². The SMILES string of the molecule is C[C@@H](C(=O)N1CCCC(NC(=O)c2ncn[nH]2)C1)N1CC[C@H](NS(=O)(=O)c2ccc3cc(Cl)ccc3c2)C1=O. The first-order valence-corrected chi connectivity index (χ1v) is 14.5. The van der Waals surface area contributed by atoms with Crippen molar-refractivity contribution in [2.75, 3.05) is 19.6 Å². The highest BCUT2D eigenvalue weighted by atomic mass is 35.5. The number of carbonyl (C=O) groups excluding carboxylic acids is 3. The van der Waals surface area contributed by atoms with Crippen molar-refractivity contribution in [3.8, 4) is 0 Å². The number of H-pyrrole nitrogens is 1. The van der Waals surface area contributed by atoms with Crippen LogP contribution in [-0.2, 0) is 19.6 Å². The number of sulfonamides is 1. The van der Waals surface area contributed by atoms with Crippen molar-refractivity contribution in [1.82, 2.24) is 35.0 Å². The maximum Gasteiger partial charge on any atom is 0.288 e. The average Bonchev–Trinajstić information content (AvgIpc) is 3.58. The van der Waals surface area contributed by atoms with E-state index in [1.807, 2.05) is 0 Å². The second-order valence-corrected chi connectivity index (χ2v) is 11.9. The molecular weight excluding hydrogens is 546 g/mol. The minimum absolute atomic E-state index is 0.0411. The van der Waals surface area contributed by atoms with Gasteiger partial charge >= 0.3 is 0 Å². The van der Waals surface area contributed by atoms with Gasteiger partial charge in [0.15, 0.2) is 0 Å². The van der Waals surface area contributed by atoms with Gasteiger partial charge in [-0.1, -0.05) is 23.7 Å². The molecule has 39 heavy (non-hydrogen) atoms. The van der Waals surface area contributed by atoms with E-state index in [0.29, 0.717) is 36.3 Å². The molecule has 3 aromatic rings. The number of carbonyl (C=O) groups is 3. The van der Waals surface area contributed by atoms with Crippen molar-refractivity contribution in [3.05, 3.63) is 53.6 Å². The summed E-state index contributed by atoms with van der Waals surface area (Å²) in [6, 6.07) is 7.81. The number of halogens is 1. The molecule has 2 saturated heterocycles. The van der Waals surface area contributed by atoms with Gasteiger partial charge in [-0.2, -0.15) is 9.82 Å². The van der Waals surface area contributed by atoms with Gasteiger partial charge in [0, 0.05) is 30.7 Å². The number of hydrogen-bond donors (Lipinski definition) is 3. The molecule has 1 unspecified atom stereocenters. The van der Waals surface area contributed by atoms with Crippen LogP contribution in [0.4, 0.5) is 0 Å². The highest BCUT2D eigenvalue weighted by molar-refractivity contribution is 7.89. The van der Waals surface area contributed by atoms with Gasteiger partial charge in [-0.3, -0.25) is 19.5 Å². The maximum atomic E-state index is 13.3. The Morgan fingerprint density at radius 3 is 2.67 bits per heavy atom. The first-order valence-electron chi connectivity index (χ1n) is 12.6. The van der Waals surface area contributed by atoms with Gasteiger partial charge in [0.2, 0.25) is 27.7 Å². The Bertz CT molecular complexity index is 1510. The zero-order valence-electron chi connectivity index (χ0n) is 21.1. The lowest BCUT2D eigenvalue weighted by Crippen LogP contribution is -2.55. The van der Waals surface area contributed by atoms with E-state index in [0.717, 1.165) is 5.39 Å². The Labute approximate surface area is 230 Å². The predicted molar refractivity (Wildman–Crippen MR) is 142 cm³/mol. The molecule has 0 radical (unpaired) electrons. The molecule has 12 nitrogen and oxygen atoms in total. The third-order valence-electron chi connectivity index (χ3n) is 7.14. The number of aromatic amines is 1. The largest absolute Gasteiger partial charge is 0.345 e. The molecule has 3 heterocycles. The Kier molecular flexibility index (Phi) is 7.56. The lowest BCUT2D eigenvalue weighted by molar-refractivity contribution is -0.144. The van der Waals surface area contributed by atoms with Gasteiger partial charge in [0.05, 0.1) is 4.90 Å². The van der Waals surface area contributed by atoms with Crippen molar-refractivity contribution < 1.29 is 22.8 Å². The summed E-state index contributed by atoms with van der Waals surface area (Å²) in [5.41, 5.74) is 0. The predicted octanol–water partition coefficient (Wildman–Crippen LogP) is 1.30. The van der Waals surface area contributed by atoms with Crippen LogP contribution in [0.15, 0.2) is 47.6 Å². The van der Waals surface area contributed by atoms with Crippen LogP contribution in [0, 0.1) is 0 Å². The monoisotopic (exact) mass is 573 g/mol. The van der Waals surface area contributed by atoms with E-state index in [-0.39, 0.29) is 35.6 Å². The third kappa shape index (κ3) is 5.75. The number of fused-ring (bicyclic) bond motifs is 1. The number of amides is 3. The van der Waals surface area contributed by atoms with Gasteiger partial charge in [0.1, 0.15) is 18.4 Å². The lowest BCUT2D eigenvalue weighted by atomic mass is 10.0. The number of piperidine rings is 1. The molecule has 5 rings (SSSR count). The Morgan fingerprint density at radius 1 is 1.13 bits per heavy atom. The van der Waals surface area contributed by atoms with E-state index in [4.69, 9.17) is 11.6 Å². The number of nitrogens with zero attached hydrogens (tertiary/aromatic N) is 4. The summed E-state index contributed by atoms with van der Waals surface area (Å²) in [5.74, 6) is -1.01. The second kappa shape index (κ2) is 10.9. The summed E-state index contributed by atoms with van der Waals surface area (Å²) in [6.07, 6.45) is 2.88. The first-order chi connectivity index (χ1) is 18.6.